The van der Waals surface area contributed by atoms with Gasteiger partial charge in [0, 0.05) is 21.9 Å². The molecule has 0 fully saturated rings. The Balaban J connectivity index is 1.71. The van der Waals surface area contributed by atoms with E-state index >= 15 is 0 Å². The van der Waals surface area contributed by atoms with Crippen molar-refractivity contribution >= 4 is 28.6 Å². The number of rotatable bonds is 5. The number of thiazole rings is 2. The Bertz CT molecular complexity index is 1060. The maximum Gasteiger partial charge on any atom is 0.234 e. The van der Waals surface area contributed by atoms with Gasteiger partial charge >= 0.3 is 0 Å². The van der Waals surface area contributed by atoms with Gasteiger partial charge in [-0.25, -0.2) is 9.97 Å². The van der Waals surface area contributed by atoms with Crippen molar-refractivity contribution in [2.24, 2.45) is 5.73 Å². The van der Waals surface area contributed by atoms with Gasteiger partial charge in [-0.1, -0.05) is 48.5 Å². The lowest BCUT2D eigenvalue weighted by Gasteiger charge is -2.07. The number of primary amides is 1. The summed E-state index contributed by atoms with van der Waals surface area (Å²) in [5.41, 5.74) is 11.9. The zero-order valence-electron chi connectivity index (χ0n) is 15.5. The Morgan fingerprint density at radius 3 is 1.64 bits per heavy atom. The smallest absolute Gasteiger partial charge is 0.234 e. The number of amides is 1. The summed E-state index contributed by atoms with van der Waals surface area (Å²) in [4.78, 5) is 21.7. The molecule has 0 aliphatic carbocycles. The first-order valence-electron chi connectivity index (χ1n) is 8.86. The Labute approximate surface area is 171 Å². The van der Waals surface area contributed by atoms with Gasteiger partial charge in [0.15, 0.2) is 0 Å². The fourth-order valence-electron chi connectivity index (χ4n) is 3.16. The van der Waals surface area contributed by atoms with E-state index in [2.05, 4.69) is 26.0 Å². The molecule has 0 saturated heterocycles. The molecule has 2 heterocycles. The van der Waals surface area contributed by atoms with Crippen LogP contribution in [0.15, 0.2) is 59.3 Å². The van der Waals surface area contributed by atoms with Crippen molar-refractivity contribution in [2.45, 2.75) is 19.8 Å². The summed E-state index contributed by atoms with van der Waals surface area (Å²) in [7, 11) is 0. The van der Waals surface area contributed by atoms with Crippen molar-refractivity contribution in [3.63, 3.8) is 0 Å². The van der Waals surface area contributed by atoms with Crippen LogP contribution in [0, 0.1) is 13.8 Å². The van der Waals surface area contributed by atoms with E-state index in [0.717, 1.165) is 33.6 Å². The Kier molecular flexibility index (Phi) is 5.07. The van der Waals surface area contributed by atoms with Crippen LogP contribution in [-0.4, -0.2) is 15.9 Å². The molecule has 2 aromatic carbocycles. The van der Waals surface area contributed by atoms with Crippen molar-refractivity contribution in [3.8, 4) is 22.5 Å². The van der Waals surface area contributed by atoms with Gasteiger partial charge in [-0.3, -0.25) is 4.79 Å². The minimum absolute atomic E-state index is 0.434. The third kappa shape index (κ3) is 3.48. The van der Waals surface area contributed by atoms with E-state index in [4.69, 9.17) is 15.7 Å². The first-order chi connectivity index (χ1) is 13.5. The molecule has 4 rings (SSSR count). The molecule has 0 radical (unpaired) electrons. The van der Waals surface area contributed by atoms with Crippen molar-refractivity contribution in [1.82, 2.24) is 9.97 Å². The van der Waals surface area contributed by atoms with E-state index in [1.54, 1.807) is 0 Å². The van der Waals surface area contributed by atoms with Crippen LogP contribution < -0.4 is 5.73 Å². The van der Waals surface area contributed by atoms with Gasteiger partial charge in [0.05, 0.1) is 11.4 Å². The molecular formula is C22H19N3OS2. The van der Waals surface area contributed by atoms with E-state index in [-0.39, 0.29) is 0 Å². The number of hydrogen-bond acceptors (Lipinski definition) is 5. The largest absolute Gasteiger partial charge is 0.369 e. The summed E-state index contributed by atoms with van der Waals surface area (Å²) in [5.74, 6) is -1.07. The third-order valence-corrected chi connectivity index (χ3v) is 6.48. The first kappa shape index (κ1) is 18.5. The molecule has 0 saturated carbocycles. The van der Waals surface area contributed by atoms with E-state index in [0.29, 0.717) is 10.0 Å². The average molecular weight is 406 g/mol. The number of nitrogens with two attached hydrogens (primary N) is 1. The second-order valence-corrected chi connectivity index (χ2v) is 8.39. The standard InChI is InChI=1S/C22H19N3OS2/c1-13-7-3-5-9-15(13)17-11-27-21(24-17)19(20(23)26)22-25-18(12-28-22)16-10-6-4-8-14(16)2/h3-12,19H,1-2H3,(H2,23,26). The van der Waals surface area contributed by atoms with Crippen LogP contribution in [0.2, 0.25) is 0 Å². The Hall–Kier alpha value is -2.83. The van der Waals surface area contributed by atoms with Crippen LogP contribution in [-0.2, 0) is 4.79 Å². The summed E-state index contributed by atoms with van der Waals surface area (Å²) in [6.45, 7) is 4.10. The number of aromatic nitrogens is 2. The minimum atomic E-state index is -0.634. The molecule has 0 unspecified atom stereocenters. The number of hydrogen-bond donors (Lipinski definition) is 1. The van der Waals surface area contributed by atoms with Gasteiger partial charge < -0.3 is 5.73 Å². The second kappa shape index (κ2) is 7.66. The Morgan fingerprint density at radius 2 is 1.25 bits per heavy atom. The number of nitrogens with zero attached hydrogens (tertiary/aromatic N) is 2. The summed E-state index contributed by atoms with van der Waals surface area (Å²) >= 11 is 2.89. The zero-order valence-corrected chi connectivity index (χ0v) is 17.2. The molecule has 0 aliphatic rings. The monoisotopic (exact) mass is 405 g/mol. The van der Waals surface area contributed by atoms with Gasteiger partial charge in [-0.15, -0.1) is 22.7 Å². The van der Waals surface area contributed by atoms with Crippen LogP contribution in [0.25, 0.3) is 22.5 Å². The summed E-state index contributed by atoms with van der Waals surface area (Å²) in [6.07, 6.45) is 0. The number of aryl methyl sites for hydroxylation is 2. The molecule has 140 valence electrons. The fraction of sp³-hybridized carbons (Fsp3) is 0.136. The van der Waals surface area contributed by atoms with Gasteiger partial charge in [0.1, 0.15) is 15.9 Å². The van der Waals surface area contributed by atoms with E-state index in [1.165, 1.54) is 22.7 Å². The lowest BCUT2D eigenvalue weighted by Crippen LogP contribution is -2.22. The normalized spacial score (nSPS) is 11.1. The quantitative estimate of drug-likeness (QED) is 0.498. The van der Waals surface area contributed by atoms with Gasteiger partial charge in [0.25, 0.3) is 0 Å². The minimum Gasteiger partial charge on any atom is -0.369 e. The van der Waals surface area contributed by atoms with Gasteiger partial charge in [0.2, 0.25) is 5.91 Å². The molecule has 28 heavy (non-hydrogen) atoms. The van der Waals surface area contributed by atoms with E-state index < -0.39 is 11.8 Å². The highest BCUT2D eigenvalue weighted by Crippen LogP contribution is 2.35. The number of carbonyl (C=O) groups is 1. The SMILES string of the molecule is Cc1ccccc1-c1csc(C(C(N)=O)c2nc(-c3ccccc3C)cs2)n1. The highest BCUT2D eigenvalue weighted by molar-refractivity contribution is 7.12. The molecule has 4 nitrogen and oxygen atoms in total. The maximum atomic E-state index is 12.3. The topological polar surface area (TPSA) is 68.9 Å². The van der Waals surface area contributed by atoms with Crippen LogP contribution in [0.4, 0.5) is 0 Å². The molecule has 0 bridgehead atoms. The van der Waals surface area contributed by atoms with E-state index in [9.17, 15) is 4.79 Å². The van der Waals surface area contributed by atoms with Crippen LogP contribution in [0.3, 0.4) is 0 Å². The van der Waals surface area contributed by atoms with Gasteiger partial charge in [-0.2, -0.15) is 0 Å². The maximum absolute atomic E-state index is 12.3. The molecule has 0 spiro atoms. The molecule has 2 aromatic heterocycles. The average Bonchev–Trinajstić information content (AvgIpc) is 3.33. The zero-order chi connectivity index (χ0) is 19.7. The summed E-state index contributed by atoms with van der Waals surface area (Å²) < 4.78 is 0. The molecule has 6 heteroatoms. The number of benzene rings is 2. The van der Waals surface area contributed by atoms with Crippen LogP contribution in [0.5, 0.6) is 0 Å². The highest BCUT2D eigenvalue weighted by Gasteiger charge is 2.27. The van der Waals surface area contributed by atoms with E-state index in [1.807, 2.05) is 47.2 Å². The van der Waals surface area contributed by atoms with Crippen LogP contribution in [0.1, 0.15) is 27.1 Å². The predicted molar refractivity (Wildman–Crippen MR) is 116 cm³/mol. The molecule has 2 N–H and O–H groups in total. The Morgan fingerprint density at radius 1 is 0.821 bits per heavy atom. The molecule has 4 aromatic rings. The summed E-state index contributed by atoms with van der Waals surface area (Å²) in [5, 5.41) is 5.31. The molecule has 0 aliphatic heterocycles. The number of carbonyl (C=O) groups excluding carboxylic acids is 1. The van der Waals surface area contributed by atoms with Crippen molar-refractivity contribution in [1.29, 1.82) is 0 Å². The molecular weight excluding hydrogens is 386 g/mol. The van der Waals surface area contributed by atoms with Crippen LogP contribution >= 0.6 is 22.7 Å². The van der Waals surface area contributed by atoms with Crippen molar-refractivity contribution in [2.75, 3.05) is 0 Å². The van der Waals surface area contributed by atoms with Gasteiger partial charge in [-0.05, 0) is 25.0 Å². The van der Waals surface area contributed by atoms with Crippen molar-refractivity contribution < 1.29 is 4.79 Å². The predicted octanol–water partition coefficient (Wildman–Crippen LogP) is 5.17. The summed E-state index contributed by atoms with van der Waals surface area (Å²) in [6, 6.07) is 16.1. The molecule has 1 amide bonds. The first-order valence-corrected chi connectivity index (χ1v) is 10.6. The second-order valence-electron chi connectivity index (χ2n) is 6.61. The highest BCUT2D eigenvalue weighted by atomic mass is 32.1. The lowest BCUT2D eigenvalue weighted by atomic mass is 10.1. The fourth-order valence-corrected chi connectivity index (χ4v) is 5.09. The molecule has 0 atom stereocenters. The van der Waals surface area contributed by atoms with Crippen molar-refractivity contribution in [3.05, 3.63) is 80.4 Å². The lowest BCUT2D eigenvalue weighted by molar-refractivity contribution is -0.118. The third-order valence-electron chi connectivity index (χ3n) is 4.66.